The number of hydrogen-bond acceptors (Lipinski definition) is 4. The predicted molar refractivity (Wildman–Crippen MR) is 121 cm³/mol. The van der Waals surface area contributed by atoms with Crippen molar-refractivity contribution in [2.75, 3.05) is 19.8 Å². The highest BCUT2D eigenvalue weighted by molar-refractivity contribution is 6.30. The van der Waals surface area contributed by atoms with Crippen LogP contribution in [0.5, 0.6) is 0 Å². The van der Waals surface area contributed by atoms with Crippen LogP contribution in [0.1, 0.15) is 59.8 Å². The molecule has 2 amide bonds. The minimum Gasteiger partial charge on any atom is -0.381 e. The molecule has 6 nitrogen and oxygen atoms in total. The number of hydrogen-bond donors (Lipinski definition) is 1. The normalized spacial score (nSPS) is 23.5. The van der Waals surface area contributed by atoms with Crippen molar-refractivity contribution >= 4 is 23.4 Å². The van der Waals surface area contributed by atoms with E-state index < -0.39 is 29.6 Å². The van der Waals surface area contributed by atoms with Gasteiger partial charge in [0.15, 0.2) is 0 Å². The van der Waals surface area contributed by atoms with Gasteiger partial charge in [0, 0.05) is 24.2 Å². The Kier molecular flexibility index (Phi) is 6.29. The minimum atomic E-state index is -0.794. The summed E-state index contributed by atoms with van der Waals surface area (Å²) >= 11 is 5.71. The highest BCUT2D eigenvalue weighted by Gasteiger charge is 2.41. The summed E-state index contributed by atoms with van der Waals surface area (Å²) in [5.41, 5.74) is 1.44. The topological polar surface area (TPSA) is 71.5 Å². The molecule has 3 fully saturated rings. The van der Waals surface area contributed by atoms with Crippen LogP contribution in [0.2, 0.25) is 5.02 Å². The largest absolute Gasteiger partial charge is 0.381 e. The van der Waals surface area contributed by atoms with Crippen LogP contribution in [0.4, 0.5) is 8.78 Å². The maximum absolute atomic E-state index is 14.7. The molecular weight excluding hydrogens is 464 g/mol. The van der Waals surface area contributed by atoms with Gasteiger partial charge in [-0.15, -0.1) is 0 Å². The standard InChI is InChI=1S/C25H26ClF2N3O3/c1-13-6-22(31(10-13)25(33)21-7-15(4-5-29-21)14-2-3-14)24(32)30-23(16-11-34-12-16)17-8-20(28)18(26)9-19(17)27/h4-5,7-9,13-14,16,22-23H,2-3,6,10-12H2,1H3,(H,30,32)/t13-,22-,23-/m1/s1. The van der Waals surface area contributed by atoms with E-state index in [0.29, 0.717) is 37.8 Å². The number of pyridine rings is 1. The van der Waals surface area contributed by atoms with Gasteiger partial charge >= 0.3 is 0 Å². The van der Waals surface area contributed by atoms with Gasteiger partial charge in [-0.05, 0) is 60.9 Å². The van der Waals surface area contributed by atoms with Gasteiger partial charge in [0.1, 0.15) is 23.4 Å². The van der Waals surface area contributed by atoms with Crippen molar-refractivity contribution in [1.82, 2.24) is 15.2 Å². The molecule has 0 unspecified atom stereocenters. The molecule has 2 aromatic rings. The first-order valence-corrected chi connectivity index (χ1v) is 12.0. The number of carbonyl (C=O) groups is 2. The van der Waals surface area contributed by atoms with Crippen LogP contribution in [0, 0.1) is 23.5 Å². The number of amides is 2. The van der Waals surface area contributed by atoms with Gasteiger partial charge in [-0.25, -0.2) is 8.78 Å². The molecule has 1 aliphatic carbocycles. The number of ether oxygens (including phenoxy) is 1. The zero-order valence-electron chi connectivity index (χ0n) is 18.8. The maximum Gasteiger partial charge on any atom is 0.273 e. The predicted octanol–water partition coefficient (Wildman–Crippen LogP) is 4.25. The number of likely N-dealkylation sites (tertiary alicyclic amines) is 1. The summed E-state index contributed by atoms with van der Waals surface area (Å²) in [6, 6.07) is 4.16. The van der Waals surface area contributed by atoms with Crippen molar-refractivity contribution in [2.24, 2.45) is 11.8 Å². The Morgan fingerprint density at radius 3 is 2.65 bits per heavy atom. The first-order valence-electron chi connectivity index (χ1n) is 11.6. The van der Waals surface area contributed by atoms with Crippen molar-refractivity contribution in [2.45, 2.75) is 44.2 Å². The molecule has 9 heteroatoms. The van der Waals surface area contributed by atoms with Crippen LogP contribution in [-0.2, 0) is 9.53 Å². The zero-order valence-corrected chi connectivity index (χ0v) is 19.5. The SMILES string of the molecule is C[C@@H]1C[C@H](C(=O)N[C@@H](c2cc(F)c(Cl)cc2F)C2COC2)N(C(=O)c2cc(C3CC3)ccn2)C1. The number of carbonyl (C=O) groups excluding carboxylic acids is 2. The Hall–Kier alpha value is -2.58. The zero-order chi connectivity index (χ0) is 24.0. The Labute approximate surface area is 201 Å². The lowest BCUT2D eigenvalue weighted by Gasteiger charge is -2.36. The van der Waals surface area contributed by atoms with Crippen molar-refractivity contribution in [1.29, 1.82) is 0 Å². The fourth-order valence-corrected chi connectivity index (χ4v) is 4.97. The third-order valence-corrected chi connectivity index (χ3v) is 7.22. The summed E-state index contributed by atoms with van der Waals surface area (Å²) in [6.07, 6.45) is 4.33. The second-order valence-electron chi connectivity index (χ2n) is 9.63. The lowest BCUT2D eigenvalue weighted by atomic mass is 9.90. The molecule has 1 saturated carbocycles. The summed E-state index contributed by atoms with van der Waals surface area (Å²) in [6.45, 7) is 3.03. The van der Waals surface area contributed by atoms with Crippen molar-refractivity contribution in [3.05, 3.63) is 63.9 Å². The van der Waals surface area contributed by atoms with Gasteiger partial charge in [-0.2, -0.15) is 0 Å². The lowest BCUT2D eigenvalue weighted by Crippen LogP contribution is -2.50. The van der Waals surface area contributed by atoms with E-state index in [1.807, 2.05) is 19.1 Å². The highest BCUT2D eigenvalue weighted by Crippen LogP contribution is 2.40. The third kappa shape index (κ3) is 4.53. The molecule has 0 spiro atoms. The van der Waals surface area contributed by atoms with Crippen molar-refractivity contribution in [3.8, 4) is 0 Å². The molecule has 34 heavy (non-hydrogen) atoms. The third-order valence-electron chi connectivity index (χ3n) is 6.93. The summed E-state index contributed by atoms with van der Waals surface area (Å²) in [5, 5.41) is 2.56. The van der Waals surface area contributed by atoms with Crippen molar-refractivity contribution in [3.63, 3.8) is 0 Å². The average molecular weight is 490 g/mol. The summed E-state index contributed by atoms with van der Waals surface area (Å²) < 4.78 is 34.1. The van der Waals surface area contributed by atoms with Gasteiger partial charge in [0.05, 0.1) is 24.3 Å². The molecule has 3 heterocycles. The fraction of sp³-hybridized carbons (Fsp3) is 0.480. The van der Waals surface area contributed by atoms with Gasteiger partial charge in [0.25, 0.3) is 5.91 Å². The Bertz CT molecular complexity index is 1120. The van der Waals surface area contributed by atoms with Crippen LogP contribution in [-0.4, -0.2) is 47.5 Å². The number of nitrogens with zero attached hydrogens (tertiary/aromatic N) is 2. The van der Waals surface area contributed by atoms with Crippen LogP contribution >= 0.6 is 11.6 Å². The van der Waals surface area contributed by atoms with Crippen LogP contribution in [0.3, 0.4) is 0 Å². The van der Waals surface area contributed by atoms with Gasteiger partial charge in [0.2, 0.25) is 5.91 Å². The second kappa shape index (κ2) is 9.23. The Morgan fingerprint density at radius 2 is 1.97 bits per heavy atom. The minimum absolute atomic E-state index is 0.0197. The van der Waals surface area contributed by atoms with Crippen LogP contribution < -0.4 is 5.32 Å². The molecule has 180 valence electrons. The molecule has 0 bridgehead atoms. The van der Waals surface area contributed by atoms with E-state index in [1.165, 1.54) is 0 Å². The number of benzene rings is 1. The summed E-state index contributed by atoms with van der Waals surface area (Å²) in [4.78, 5) is 32.5. The molecule has 0 radical (unpaired) electrons. The average Bonchev–Trinajstić information content (AvgIpc) is 3.55. The number of nitrogens with one attached hydrogen (secondary N) is 1. The summed E-state index contributed by atoms with van der Waals surface area (Å²) in [5.74, 6) is -1.77. The molecule has 3 atom stereocenters. The van der Waals surface area contributed by atoms with E-state index in [1.54, 1.807) is 11.1 Å². The molecule has 3 aliphatic rings. The first kappa shape index (κ1) is 23.2. The Morgan fingerprint density at radius 1 is 1.21 bits per heavy atom. The highest BCUT2D eigenvalue weighted by atomic mass is 35.5. The van der Waals surface area contributed by atoms with Gasteiger partial charge in [-0.1, -0.05) is 18.5 Å². The number of rotatable bonds is 6. The molecule has 1 aromatic heterocycles. The van der Waals surface area contributed by atoms with E-state index in [4.69, 9.17) is 16.3 Å². The number of aromatic nitrogens is 1. The monoisotopic (exact) mass is 489 g/mol. The molecule has 5 rings (SSSR count). The van der Waals surface area contributed by atoms with Gasteiger partial charge in [-0.3, -0.25) is 14.6 Å². The smallest absolute Gasteiger partial charge is 0.273 e. The maximum atomic E-state index is 14.7. The Balaban J connectivity index is 1.38. The first-order chi connectivity index (χ1) is 16.3. The fourth-order valence-electron chi connectivity index (χ4n) is 4.82. The summed E-state index contributed by atoms with van der Waals surface area (Å²) in [7, 11) is 0. The van der Waals surface area contributed by atoms with Crippen LogP contribution in [0.25, 0.3) is 0 Å². The van der Waals surface area contributed by atoms with Crippen molar-refractivity contribution < 1.29 is 23.1 Å². The van der Waals surface area contributed by atoms with E-state index in [9.17, 15) is 18.4 Å². The molecular formula is C25H26ClF2N3O3. The van der Waals surface area contributed by atoms with E-state index in [0.717, 1.165) is 30.5 Å². The van der Waals surface area contributed by atoms with E-state index in [2.05, 4.69) is 10.3 Å². The molecule has 1 aromatic carbocycles. The second-order valence-corrected chi connectivity index (χ2v) is 10.0. The van der Waals surface area contributed by atoms with Gasteiger partial charge < -0.3 is 15.0 Å². The molecule has 2 aliphatic heterocycles. The molecule has 1 N–H and O–H groups in total. The van der Waals surface area contributed by atoms with Crippen LogP contribution in [0.15, 0.2) is 30.5 Å². The quantitative estimate of drug-likeness (QED) is 0.616. The van der Waals surface area contributed by atoms with E-state index in [-0.39, 0.29) is 28.3 Å². The number of halogens is 3. The van der Waals surface area contributed by atoms with E-state index >= 15 is 0 Å². The molecule has 2 saturated heterocycles. The lowest BCUT2D eigenvalue weighted by molar-refractivity contribution is -0.128.